The molecule has 27 heavy (non-hydrogen) atoms. The molecule has 0 aliphatic heterocycles. The van der Waals surface area contributed by atoms with E-state index < -0.39 is 11.5 Å². The Morgan fingerprint density at radius 2 is 2.19 bits per heavy atom. The van der Waals surface area contributed by atoms with Crippen molar-refractivity contribution < 1.29 is 14.7 Å². The van der Waals surface area contributed by atoms with E-state index in [0.29, 0.717) is 35.1 Å². The van der Waals surface area contributed by atoms with E-state index in [-0.39, 0.29) is 12.3 Å². The van der Waals surface area contributed by atoms with Crippen LogP contribution in [0.25, 0.3) is 21.6 Å². The first kappa shape index (κ1) is 17.7. The van der Waals surface area contributed by atoms with Gasteiger partial charge in [0, 0.05) is 7.05 Å². The number of carbonyl (C=O) groups is 2. The number of aliphatic carboxylic acids is 1. The number of fused-ring (bicyclic) bond motifs is 1. The number of pyridine rings is 1. The Hall–Kier alpha value is -2.74. The highest BCUT2D eigenvalue weighted by Gasteiger charge is 2.41. The zero-order valence-corrected chi connectivity index (χ0v) is 16.0. The highest BCUT2D eigenvalue weighted by molar-refractivity contribution is 7.13. The number of hydrogen-bond donors (Lipinski definition) is 2. The van der Waals surface area contributed by atoms with Gasteiger partial charge in [-0.05, 0) is 43.7 Å². The fraction of sp³-hybridized carbons (Fsp3) is 0.368. The largest absolute Gasteiger partial charge is 0.481 e. The number of aromatic nitrogens is 3. The van der Waals surface area contributed by atoms with Crippen molar-refractivity contribution in [2.75, 3.05) is 0 Å². The number of nitrogens with zero attached hydrogens (tertiary/aromatic N) is 3. The van der Waals surface area contributed by atoms with E-state index in [2.05, 4.69) is 10.4 Å². The summed E-state index contributed by atoms with van der Waals surface area (Å²) in [6.07, 6.45) is 2.23. The van der Waals surface area contributed by atoms with Crippen LogP contribution in [-0.2, 0) is 11.8 Å². The summed E-state index contributed by atoms with van der Waals surface area (Å²) in [5.41, 5.74) is 1.92. The summed E-state index contributed by atoms with van der Waals surface area (Å²) in [5.74, 6) is -1.16. The second-order valence-electron chi connectivity index (χ2n) is 7.10. The molecule has 0 aromatic carbocycles. The van der Waals surface area contributed by atoms with Crippen LogP contribution in [0.4, 0.5) is 0 Å². The van der Waals surface area contributed by atoms with Gasteiger partial charge in [-0.15, -0.1) is 11.3 Å². The number of carboxylic acids is 1. The standard InChI is InChI=1S/C19H20N4O3S/c1-11-16-12(18(26)21-19(6-4-7-19)10-15(24)25)9-13(14-5-3-8-27-14)20-17(16)23(2)22-11/h3,5,8-9H,4,6-7,10H2,1-2H3,(H,21,26)(H,24,25). The molecule has 1 aliphatic carbocycles. The molecule has 2 N–H and O–H groups in total. The molecule has 0 bridgehead atoms. The van der Waals surface area contributed by atoms with Gasteiger partial charge in [-0.1, -0.05) is 6.07 Å². The average Bonchev–Trinajstić information content (AvgIpc) is 3.21. The van der Waals surface area contributed by atoms with E-state index in [4.69, 9.17) is 4.98 Å². The normalized spacial score (nSPS) is 15.5. The number of amides is 1. The van der Waals surface area contributed by atoms with Gasteiger partial charge in [0.05, 0.1) is 39.2 Å². The number of nitrogens with one attached hydrogen (secondary N) is 1. The highest BCUT2D eigenvalue weighted by Crippen LogP contribution is 2.36. The Kier molecular flexibility index (Phi) is 4.22. The minimum Gasteiger partial charge on any atom is -0.481 e. The lowest BCUT2D eigenvalue weighted by atomic mass is 9.74. The molecule has 1 aliphatic rings. The summed E-state index contributed by atoms with van der Waals surface area (Å²) >= 11 is 1.55. The molecule has 0 saturated heterocycles. The minimum atomic E-state index is -0.897. The lowest BCUT2D eigenvalue weighted by Crippen LogP contribution is -2.54. The van der Waals surface area contributed by atoms with Crippen molar-refractivity contribution in [3.05, 3.63) is 34.8 Å². The molecule has 0 atom stereocenters. The van der Waals surface area contributed by atoms with Gasteiger partial charge >= 0.3 is 5.97 Å². The molecule has 140 valence electrons. The van der Waals surface area contributed by atoms with Crippen molar-refractivity contribution in [2.45, 2.75) is 38.1 Å². The molecular formula is C19H20N4O3S. The van der Waals surface area contributed by atoms with Gasteiger partial charge in [-0.3, -0.25) is 14.3 Å². The maximum Gasteiger partial charge on any atom is 0.305 e. The van der Waals surface area contributed by atoms with Gasteiger partial charge in [-0.25, -0.2) is 4.98 Å². The van der Waals surface area contributed by atoms with Crippen LogP contribution >= 0.6 is 11.3 Å². The lowest BCUT2D eigenvalue weighted by molar-refractivity contribution is -0.139. The molecule has 3 aromatic heterocycles. The second kappa shape index (κ2) is 6.45. The highest BCUT2D eigenvalue weighted by atomic mass is 32.1. The van der Waals surface area contributed by atoms with Crippen LogP contribution < -0.4 is 5.32 Å². The van der Waals surface area contributed by atoms with Crippen molar-refractivity contribution in [3.8, 4) is 10.6 Å². The fourth-order valence-corrected chi connectivity index (χ4v) is 4.41. The van der Waals surface area contributed by atoms with Crippen LogP contribution in [0.3, 0.4) is 0 Å². The SMILES string of the molecule is Cc1nn(C)c2nc(-c3cccs3)cc(C(=O)NC3(CC(=O)O)CCC3)c12. The van der Waals surface area contributed by atoms with Gasteiger partial charge in [0.1, 0.15) is 0 Å². The van der Waals surface area contributed by atoms with Crippen LogP contribution in [0.1, 0.15) is 41.7 Å². The van der Waals surface area contributed by atoms with Gasteiger partial charge in [0.2, 0.25) is 0 Å². The van der Waals surface area contributed by atoms with E-state index in [1.54, 1.807) is 29.1 Å². The Bertz CT molecular complexity index is 1040. The Labute approximate surface area is 160 Å². The average molecular weight is 384 g/mol. The maximum absolute atomic E-state index is 13.2. The van der Waals surface area contributed by atoms with E-state index in [0.717, 1.165) is 17.0 Å². The third kappa shape index (κ3) is 3.10. The summed E-state index contributed by atoms with van der Waals surface area (Å²) in [7, 11) is 1.81. The van der Waals surface area contributed by atoms with Crippen molar-refractivity contribution in [1.29, 1.82) is 0 Å². The zero-order valence-electron chi connectivity index (χ0n) is 15.2. The molecule has 4 rings (SSSR count). The lowest BCUT2D eigenvalue weighted by Gasteiger charge is -2.41. The Balaban J connectivity index is 1.80. The maximum atomic E-state index is 13.2. The van der Waals surface area contributed by atoms with E-state index in [9.17, 15) is 14.7 Å². The van der Waals surface area contributed by atoms with Gasteiger partial charge in [-0.2, -0.15) is 5.10 Å². The molecule has 3 heterocycles. The van der Waals surface area contributed by atoms with Crippen LogP contribution in [0.5, 0.6) is 0 Å². The van der Waals surface area contributed by atoms with Crippen molar-refractivity contribution in [1.82, 2.24) is 20.1 Å². The molecular weight excluding hydrogens is 364 g/mol. The first-order chi connectivity index (χ1) is 12.9. The Morgan fingerprint density at radius 1 is 1.41 bits per heavy atom. The van der Waals surface area contributed by atoms with Crippen molar-refractivity contribution in [2.24, 2.45) is 7.05 Å². The molecule has 0 unspecified atom stereocenters. The van der Waals surface area contributed by atoms with Gasteiger partial charge in [0.15, 0.2) is 5.65 Å². The Morgan fingerprint density at radius 3 is 2.78 bits per heavy atom. The number of thiophene rings is 1. The smallest absolute Gasteiger partial charge is 0.305 e. The molecule has 0 radical (unpaired) electrons. The third-order valence-electron chi connectivity index (χ3n) is 5.17. The fourth-order valence-electron chi connectivity index (χ4n) is 3.72. The predicted octanol–water partition coefficient (Wildman–Crippen LogP) is 3.13. The van der Waals surface area contributed by atoms with Crippen LogP contribution in [0.15, 0.2) is 23.6 Å². The van der Waals surface area contributed by atoms with Gasteiger partial charge in [0.25, 0.3) is 5.91 Å². The molecule has 0 spiro atoms. The predicted molar refractivity (Wildman–Crippen MR) is 103 cm³/mol. The minimum absolute atomic E-state index is 0.0588. The van der Waals surface area contributed by atoms with E-state index >= 15 is 0 Å². The summed E-state index contributed by atoms with van der Waals surface area (Å²) in [6.45, 7) is 1.85. The van der Waals surface area contributed by atoms with Crippen molar-refractivity contribution in [3.63, 3.8) is 0 Å². The summed E-state index contributed by atoms with van der Waals surface area (Å²) < 4.78 is 1.68. The zero-order chi connectivity index (χ0) is 19.2. The second-order valence-corrected chi connectivity index (χ2v) is 8.05. The number of aryl methyl sites for hydroxylation is 2. The number of hydrogen-bond acceptors (Lipinski definition) is 5. The summed E-state index contributed by atoms with van der Waals surface area (Å²) in [6, 6.07) is 5.68. The van der Waals surface area contributed by atoms with Gasteiger partial charge < -0.3 is 10.4 Å². The molecule has 3 aromatic rings. The monoisotopic (exact) mass is 384 g/mol. The first-order valence-corrected chi connectivity index (χ1v) is 9.69. The number of carboxylic acid groups (broad SMARTS) is 1. The van der Waals surface area contributed by atoms with E-state index in [1.807, 2.05) is 24.4 Å². The quantitative estimate of drug-likeness (QED) is 0.704. The molecule has 1 saturated carbocycles. The topological polar surface area (TPSA) is 97.1 Å². The summed E-state index contributed by atoms with van der Waals surface area (Å²) in [4.78, 5) is 30.1. The van der Waals surface area contributed by atoms with Crippen molar-refractivity contribution >= 4 is 34.2 Å². The summed E-state index contributed by atoms with van der Waals surface area (Å²) in [5, 5.41) is 19.3. The number of rotatable bonds is 5. The number of carbonyl (C=O) groups excluding carboxylic acids is 1. The molecule has 1 fully saturated rings. The third-order valence-corrected chi connectivity index (χ3v) is 6.06. The van der Waals surface area contributed by atoms with E-state index in [1.165, 1.54) is 0 Å². The van der Waals surface area contributed by atoms with Crippen LogP contribution in [-0.4, -0.2) is 37.3 Å². The van der Waals surface area contributed by atoms with Crippen LogP contribution in [0, 0.1) is 6.92 Å². The van der Waals surface area contributed by atoms with Crippen LogP contribution in [0.2, 0.25) is 0 Å². The first-order valence-electron chi connectivity index (χ1n) is 8.81. The molecule has 7 nitrogen and oxygen atoms in total. The molecule has 1 amide bonds. The molecule has 8 heteroatoms.